The summed E-state index contributed by atoms with van der Waals surface area (Å²) in [5.41, 5.74) is -0.481. The van der Waals surface area contributed by atoms with Crippen molar-refractivity contribution in [3.8, 4) is 0 Å². The van der Waals surface area contributed by atoms with E-state index in [-0.39, 0.29) is 18.8 Å². The topological polar surface area (TPSA) is 67.8 Å². The first-order valence-electron chi connectivity index (χ1n) is 5.62. The molecule has 1 rings (SSSR count). The van der Waals surface area contributed by atoms with Crippen molar-refractivity contribution in [3.63, 3.8) is 0 Å². The van der Waals surface area contributed by atoms with Crippen LogP contribution in [-0.4, -0.2) is 42.2 Å². The number of carbonyl (C=O) groups is 1. The molecule has 0 spiro atoms. The number of hydrogen-bond donors (Lipinski definition) is 2. The molecule has 16 heavy (non-hydrogen) atoms. The normalized spacial score (nSPS) is 26.2. The summed E-state index contributed by atoms with van der Waals surface area (Å²) in [4.78, 5) is 11.5. The van der Waals surface area contributed by atoms with Gasteiger partial charge in [-0.2, -0.15) is 0 Å². The third-order valence-corrected chi connectivity index (χ3v) is 2.29. The molecule has 2 atom stereocenters. The molecule has 2 N–H and O–H groups in total. The average Bonchev–Trinajstić information content (AvgIpc) is 2.15. The summed E-state index contributed by atoms with van der Waals surface area (Å²) in [7, 11) is 0. The van der Waals surface area contributed by atoms with E-state index in [2.05, 4.69) is 5.32 Å². The molecule has 5 heteroatoms. The molecule has 0 aromatic carbocycles. The molecule has 1 amide bonds. The van der Waals surface area contributed by atoms with Gasteiger partial charge in [-0.1, -0.05) is 0 Å². The Morgan fingerprint density at radius 2 is 2.25 bits per heavy atom. The lowest BCUT2D eigenvalue weighted by molar-refractivity contribution is -0.0304. The van der Waals surface area contributed by atoms with E-state index in [4.69, 9.17) is 14.6 Å². The van der Waals surface area contributed by atoms with Gasteiger partial charge in [0.1, 0.15) is 5.60 Å². The largest absolute Gasteiger partial charge is 0.444 e. The maximum atomic E-state index is 11.5. The smallest absolute Gasteiger partial charge is 0.407 e. The predicted molar refractivity (Wildman–Crippen MR) is 59.2 cm³/mol. The Balaban J connectivity index is 2.33. The Hall–Kier alpha value is -0.810. The number of nitrogens with one attached hydrogen (secondary N) is 1. The zero-order chi connectivity index (χ0) is 12.2. The lowest BCUT2D eigenvalue weighted by Crippen LogP contribution is -2.44. The van der Waals surface area contributed by atoms with Crippen molar-refractivity contribution in [2.24, 2.45) is 0 Å². The van der Waals surface area contributed by atoms with Gasteiger partial charge in [-0.15, -0.1) is 0 Å². The average molecular weight is 231 g/mol. The van der Waals surface area contributed by atoms with Crippen LogP contribution in [0.2, 0.25) is 0 Å². The minimum atomic E-state index is -0.481. The minimum Gasteiger partial charge on any atom is -0.444 e. The number of hydrogen-bond acceptors (Lipinski definition) is 4. The fraction of sp³-hybridized carbons (Fsp3) is 0.909. The summed E-state index contributed by atoms with van der Waals surface area (Å²) in [6.45, 7) is 6.03. The zero-order valence-electron chi connectivity index (χ0n) is 10.2. The maximum absolute atomic E-state index is 11.5. The van der Waals surface area contributed by atoms with Crippen molar-refractivity contribution in [3.05, 3.63) is 0 Å². The van der Waals surface area contributed by atoms with Crippen LogP contribution in [0, 0.1) is 0 Å². The van der Waals surface area contributed by atoms with Gasteiger partial charge < -0.3 is 19.9 Å². The van der Waals surface area contributed by atoms with Crippen molar-refractivity contribution in [1.82, 2.24) is 5.32 Å². The standard InChI is InChI=1S/C11H21NO4/c1-11(2,3)16-10(14)12-8-4-5-15-9(6-8)7-13/h8-9,13H,4-7H2,1-3H3,(H,12,14)/t8-,9-/m0/s1. The minimum absolute atomic E-state index is 0.00744. The summed E-state index contributed by atoms with van der Waals surface area (Å²) in [5, 5.41) is 11.7. The maximum Gasteiger partial charge on any atom is 0.407 e. The highest BCUT2D eigenvalue weighted by atomic mass is 16.6. The molecule has 0 bridgehead atoms. The lowest BCUT2D eigenvalue weighted by Gasteiger charge is -2.30. The first kappa shape index (κ1) is 13.3. The number of amides is 1. The van der Waals surface area contributed by atoms with Gasteiger partial charge in [0.25, 0.3) is 0 Å². The second kappa shape index (κ2) is 5.50. The quantitative estimate of drug-likeness (QED) is 0.745. The Morgan fingerprint density at radius 1 is 1.56 bits per heavy atom. The number of rotatable bonds is 2. The molecule has 5 nitrogen and oxygen atoms in total. The second-order valence-electron chi connectivity index (χ2n) is 5.04. The van der Waals surface area contributed by atoms with Crippen LogP contribution in [-0.2, 0) is 9.47 Å². The molecule has 0 radical (unpaired) electrons. The molecular formula is C11H21NO4. The molecule has 1 heterocycles. The third-order valence-electron chi connectivity index (χ3n) is 2.29. The van der Waals surface area contributed by atoms with Gasteiger partial charge in [-0.05, 0) is 33.6 Å². The van der Waals surface area contributed by atoms with E-state index in [1.807, 2.05) is 20.8 Å². The van der Waals surface area contributed by atoms with E-state index < -0.39 is 11.7 Å². The van der Waals surface area contributed by atoms with Crippen molar-refractivity contribution in [2.45, 2.75) is 51.4 Å². The molecule has 94 valence electrons. The van der Waals surface area contributed by atoms with Gasteiger partial charge in [-0.3, -0.25) is 0 Å². The first-order valence-corrected chi connectivity index (χ1v) is 5.62. The summed E-state index contributed by atoms with van der Waals surface area (Å²) in [5.74, 6) is 0. The van der Waals surface area contributed by atoms with Crippen LogP contribution in [0.4, 0.5) is 4.79 Å². The number of carbonyl (C=O) groups excluding carboxylic acids is 1. The Bertz CT molecular complexity index is 237. The predicted octanol–water partition coefficient (Wildman–Crippen LogP) is 1.05. The Labute approximate surface area is 96.1 Å². The van der Waals surface area contributed by atoms with Crippen LogP contribution in [0.15, 0.2) is 0 Å². The number of aliphatic hydroxyl groups is 1. The van der Waals surface area contributed by atoms with E-state index in [0.717, 1.165) is 6.42 Å². The van der Waals surface area contributed by atoms with Crippen LogP contribution < -0.4 is 5.32 Å². The lowest BCUT2D eigenvalue weighted by atomic mass is 10.0. The van der Waals surface area contributed by atoms with Gasteiger partial charge in [0, 0.05) is 12.6 Å². The number of aliphatic hydroxyl groups excluding tert-OH is 1. The molecule has 0 unspecified atom stereocenters. The fourth-order valence-corrected chi connectivity index (χ4v) is 1.61. The van der Waals surface area contributed by atoms with Crippen molar-refractivity contribution in [1.29, 1.82) is 0 Å². The highest BCUT2D eigenvalue weighted by Gasteiger charge is 2.25. The monoisotopic (exact) mass is 231 g/mol. The SMILES string of the molecule is CC(C)(C)OC(=O)N[C@H]1CCO[C@H](CO)C1. The van der Waals surface area contributed by atoms with E-state index in [0.29, 0.717) is 13.0 Å². The van der Waals surface area contributed by atoms with Crippen molar-refractivity contribution in [2.75, 3.05) is 13.2 Å². The third kappa shape index (κ3) is 4.81. The number of ether oxygens (including phenoxy) is 2. The second-order valence-corrected chi connectivity index (χ2v) is 5.04. The van der Waals surface area contributed by atoms with Crippen LogP contribution in [0.5, 0.6) is 0 Å². The van der Waals surface area contributed by atoms with Gasteiger partial charge in [0.05, 0.1) is 12.7 Å². The molecular weight excluding hydrogens is 210 g/mol. The molecule has 0 aromatic rings. The molecule has 0 saturated carbocycles. The summed E-state index contributed by atoms with van der Waals surface area (Å²) < 4.78 is 10.5. The zero-order valence-corrected chi connectivity index (χ0v) is 10.2. The molecule has 0 aromatic heterocycles. The molecule has 1 saturated heterocycles. The van der Waals surface area contributed by atoms with Gasteiger partial charge in [0.2, 0.25) is 0 Å². The highest BCUT2D eigenvalue weighted by Crippen LogP contribution is 2.14. The molecule has 1 aliphatic rings. The highest BCUT2D eigenvalue weighted by molar-refractivity contribution is 5.68. The van der Waals surface area contributed by atoms with E-state index in [9.17, 15) is 4.79 Å². The number of alkyl carbamates (subject to hydrolysis) is 1. The van der Waals surface area contributed by atoms with Crippen LogP contribution in [0.25, 0.3) is 0 Å². The molecule has 0 aliphatic carbocycles. The summed E-state index contributed by atoms with van der Waals surface area (Å²) >= 11 is 0. The van der Waals surface area contributed by atoms with E-state index >= 15 is 0 Å². The Morgan fingerprint density at radius 3 is 2.81 bits per heavy atom. The Kier molecular flexibility index (Phi) is 4.56. The van der Waals surface area contributed by atoms with Gasteiger partial charge >= 0.3 is 6.09 Å². The first-order chi connectivity index (χ1) is 7.40. The van der Waals surface area contributed by atoms with Crippen LogP contribution >= 0.6 is 0 Å². The van der Waals surface area contributed by atoms with Gasteiger partial charge in [0.15, 0.2) is 0 Å². The molecule has 1 fully saturated rings. The van der Waals surface area contributed by atoms with Crippen LogP contribution in [0.1, 0.15) is 33.6 Å². The fourth-order valence-electron chi connectivity index (χ4n) is 1.61. The van der Waals surface area contributed by atoms with E-state index in [1.54, 1.807) is 0 Å². The van der Waals surface area contributed by atoms with Crippen molar-refractivity contribution < 1.29 is 19.4 Å². The van der Waals surface area contributed by atoms with Crippen molar-refractivity contribution >= 4 is 6.09 Å². The molecule has 1 aliphatic heterocycles. The summed E-state index contributed by atoms with van der Waals surface area (Å²) in [6.07, 6.45) is 0.815. The van der Waals surface area contributed by atoms with Crippen LogP contribution in [0.3, 0.4) is 0 Å². The van der Waals surface area contributed by atoms with E-state index in [1.165, 1.54) is 0 Å². The summed E-state index contributed by atoms with van der Waals surface area (Å²) in [6, 6.07) is 0.0285. The van der Waals surface area contributed by atoms with Gasteiger partial charge in [-0.25, -0.2) is 4.79 Å².